The number of carbonyl (C=O) groups is 2. The predicted octanol–water partition coefficient (Wildman–Crippen LogP) is 3.71. The lowest BCUT2D eigenvalue weighted by Crippen LogP contribution is -2.33. The van der Waals surface area contributed by atoms with E-state index in [0.717, 1.165) is 15.6 Å². The number of hydrogen-bond donors (Lipinski definition) is 2. The topological polar surface area (TPSA) is 58.2 Å². The number of benzene rings is 2. The maximum atomic E-state index is 11.9. The van der Waals surface area contributed by atoms with Crippen molar-refractivity contribution in [1.82, 2.24) is 5.32 Å². The Kier molecular flexibility index (Phi) is 6.19. The second kappa shape index (κ2) is 8.13. The van der Waals surface area contributed by atoms with Crippen molar-refractivity contribution in [2.24, 2.45) is 0 Å². The fraction of sp³-hybridized carbons (Fsp3) is 0.176. The van der Waals surface area contributed by atoms with Crippen molar-refractivity contribution < 1.29 is 9.59 Å². The molecule has 0 aromatic heterocycles. The largest absolute Gasteiger partial charge is 0.347 e. The normalized spacial score (nSPS) is 10.2. The van der Waals surface area contributed by atoms with Crippen molar-refractivity contribution in [2.75, 3.05) is 11.9 Å². The maximum absolute atomic E-state index is 11.9. The summed E-state index contributed by atoms with van der Waals surface area (Å²) >= 11 is 9.36. The van der Waals surface area contributed by atoms with E-state index < -0.39 is 0 Å². The van der Waals surface area contributed by atoms with Crippen LogP contribution in [-0.2, 0) is 16.0 Å². The molecule has 4 nitrogen and oxygen atoms in total. The zero-order chi connectivity index (χ0) is 16.8. The summed E-state index contributed by atoms with van der Waals surface area (Å²) in [5.41, 5.74) is 2.42. The molecule has 0 unspecified atom stereocenters. The molecule has 2 aromatic rings. The lowest BCUT2D eigenvalue weighted by Gasteiger charge is -2.08. The number of aryl methyl sites for hydroxylation is 1. The molecule has 2 amide bonds. The van der Waals surface area contributed by atoms with Crippen LogP contribution in [0, 0.1) is 6.92 Å². The third-order valence-corrected chi connectivity index (χ3v) is 4.06. The molecule has 0 aliphatic rings. The van der Waals surface area contributed by atoms with Gasteiger partial charge in [0.15, 0.2) is 0 Å². The van der Waals surface area contributed by atoms with E-state index in [0.29, 0.717) is 10.7 Å². The average molecular weight is 396 g/mol. The molecule has 23 heavy (non-hydrogen) atoms. The lowest BCUT2D eigenvalue weighted by atomic mass is 10.1. The van der Waals surface area contributed by atoms with Gasteiger partial charge in [-0.25, -0.2) is 0 Å². The lowest BCUT2D eigenvalue weighted by molar-refractivity contribution is -0.123. The number of halogens is 2. The van der Waals surface area contributed by atoms with Gasteiger partial charge in [-0.15, -0.1) is 0 Å². The van der Waals surface area contributed by atoms with E-state index in [-0.39, 0.29) is 24.8 Å². The first kappa shape index (κ1) is 17.5. The van der Waals surface area contributed by atoms with E-state index in [1.807, 2.05) is 37.3 Å². The maximum Gasteiger partial charge on any atom is 0.243 e. The standard InChI is InChI=1S/C17H16BrClN2O2/c1-11-5-6-14(9-15(11)19)21-17(23)10-20-16(22)8-12-3-2-4-13(18)7-12/h2-7,9H,8,10H2,1H3,(H,20,22)(H,21,23). The number of carbonyl (C=O) groups excluding carboxylic acids is 2. The van der Waals surface area contributed by atoms with Crippen LogP contribution in [0.5, 0.6) is 0 Å². The number of amides is 2. The van der Waals surface area contributed by atoms with Crippen LogP contribution in [-0.4, -0.2) is 18.4 Å². The molecule has 0 spiro atoms. The number of rotatable bonds is 5. The molecule has 0 atom stereocenters. The molecular formula is C17H16BrClN2O2. The summed E-state index contributed by atoms with van der Waals surface area (Å²) in [7, 11) is 0. The minimum absolute atomic E-state index is 0.0850. The number of anilines is 1. The molecule has 0 aliphatic heterocycles. The Balaban J connectivity index is 1.81. The Hall–Kier alpha value is -1.85. The molecule has 2 aromatic carbocycles. The summed E-state index contributed by atoms with van der Waals surface area (Å²) < 4.78 is 0.914. The van der Waals surface area contributed by atoms with Gasteiger partial charge in [0.1, 0.15) is 0 Å². The van der Waals surface area contributed by atoms with E-state index in [1.54, 1.807) is 12.1 Å². The highest BCUT2D eigenvalue weighted by Gasteiger charge is 2.08. The molecule has 0 heterocycles. The van der Waals surface area contributed by atoms with Crippen LogP contribution in [0.1, 0.15) is 11.1 Å². The quantitative estimate of drug-likeness (QED) is 0.811. The van der Waals surface area contributed by atoms with Gasteiger partial charge in [0, 0.05) is 15.2 Å². The Morgan fingerprint density at radius 2 is 1.91 bits per heavy atom. The third-order valence-electron chi connectivity index (χ3n) is 3.16. The van der Waals surface area contributed by atoms with Gasteiger partial charge >= 0.3 is 0 Å². The van der Waals surface area contributed by atoms with Crippen LogP contribution in [0.3, 0.4) is 0 Å². The van der Waals surface area contributed by atoms with Crippen LogP contribution >= 0.6 is 27.5 Å². The molecule has 0 bridgehead atoms. The summed E-state index contributed by atoms with van der Waals surface area (Å²) in [5.74, 6) is -0.507. The van der Waals surface area contributed by atoms with Crippen LogP contribution in [0.4, 0.5) is 5.69 Å². The molecule has 0 saturated carbocycles. The van der Waals surface area contributed by atoms with Crippen molar-refractivity contribution in [3.8, 4) is 0 Å². The van der Waals surface area contributed by atoms with Crippen LogP contribution in [0.2, 0.25) is 5.02 Å². The molecule has 2 rings (SSSR count). The van der Waals surface area contributed by atoms with Crippen molar-refractivity contribution in [3.63, 3.8) is 0 Å². The van der Waals surface area contributed by atoms with Gasteiger partial charge < -0.3 is 10.6 Å². The monoisotopic (exact) mass is 394 g/mol. The first-order valence-corrected chi connectivity index (χ1v) is 8.18. The van der Waals surface area contributed by atoms with Crippen molar-refractivity contribution in [2.45, 2.75) is 13.3 Å². The predicted molar refractivity (Wildman–Crippen MR) is 95.7 cm³/mol. The first-order chi connectivity index (χ1) is 10.9. The van der Waals surface area contributed by atoms with Gasteiger partial charge in [0.25, 0.3) is 0 Å². The third kappa shape index (κ3) is 5.69. The molecule has 0 fully saturated rings. The van der Waals surface area contributed by atoms with Crippen molar-refractivity contribution in [1.29, 1.82) is 0 Å². The highest BCUT2D eigenvalue weighted by Crippen LogP contribution is 2.19. The molecule has 0 radical (unpaired) electrons. The molecule has 120 valence electrons. The van der Waals surface area contributed by atoms with E-state index in [9.17, 15) is 9.59 Å². The highest BCUT2D eigenvalue weighted by atomic mass is 79.9. The van der Waals surface area contributed by atoms with E-state index >= 15 is 0 Å². The fourth-order valence-electron chi connectivity index (χ4n) is 1.95. The van der Waals surface area contributed by atoms with Crippen LogP contribution in [0.25, 0.3) is 0 Å². The van der Waals surface area contributed by atoms with E-state index in [4.69, 9.17) is 11.6 Å². The second-order valence-corrected chi connectivity index (χ2v) is 6.42. The second-order valence-electron chi connectivity index (χ2n) is 5.10. The van der Waals surface area contributed by atoms with Gasteiger partial charge in [-0.2, -0.15) is 0 Å². The summed E-state index contributed by atoms with van der Waals surface area (Å²) in [6.07, 6.45) is 0.225. The van der Waals surface area contributed by atoms with Gasteiger partial charge in [-0.3, -0.25) is 9.59 Å². The van der Waals surface area contributed by atoms with Crippen molar-refractivity contribution in [3.05, 3.63) is 63.1 Å². The number of nitrogens with one attached hydrogen (secondary N) is 2. The average Bonchev–Trinajstić information content (AvgIpc) is 2.49. The van der Waals surface area contributed by atoms with Crippen molar-refractivity contribution >= 4 is 45.0 Å². The van der Waals surface area contributed by atoms with E-state index in [1.165, 1.54) is 0 Å². The first-order valence-electron chi connectivity index (χ1n) is 7.01. The van der Waals surface area contributed by atoms with Gasteiger partial charge in [0.2, 0.25) is 11.8 Å². The van der Waals surface area contributed by atoms with Gasteiger partial charge in [-0.1, -0.05) is 45.7 Å². The molecule has 0 aliphatic carbocycles. The Morgan fingerprint density at radius 3 is 2.61 bits per heavy atom. The summed E-state index contributed by atoms with van der Waals surface area (Å²) in [5, 5.41) is 5.87. The summed E-state index contributed by atoms with van der Waals surface area (Å²) in [6.45, 7) is 1.80. The SMILES string of the molecule is Cc1ccc(NC(=O)CNC(=O)Cc2cccc(Br)c2)cc1Cl. The molecule has 2 N–H and O–H groups in total. The summed E-state index contributed by atoms with van der Waals surface area (Å²) in [4.78, 5) is 23.7. The van der Waals surface area contributed by atoms with Crippen LogP contribution in [0.15, 0.2) is 46.9 Å². The van der Waals surface area contributed by atoms with Gasteiger partial charge in [-0.05, 0) is 42.3 Å². The molecular weight excluding hydrogens is 380 g/mol. The number of hydrogen-bond acceptors (Lipinski definition) is 2. The Bertz CT molecular complexity index is 734. The fourth-order valence-corrected chi connectivity index (χ4v) is 2.58. The Morgan fingerprint density at radius 1 is 1.13 bits per heavy atom. The summed E-state index contributed by atoms with van der Waals surface area (Å²) in [6, 6.07) is 12.7. The molecule has 6 heteroatoms. The highest BCUT2D eigenvalue weighted by molar-refractivity contribution is 9.10. The van der Waals surface area contributed by atoms with E-state index in [2.05, 4.69) is 26.6 Å². The minimum Gasteiger partial charge on any atom is -0.347 e. The Labute approximate surface area is 148 Å². The zero-order valence-electron chi connectivity index (χ0n) is 12.5. The molecule has 0 saturated heterocycles. The van der Waals surface area contributed by atoms with Crippen LogP contribution < -0.4 is 10.6 Å². The van der Waals surface area contributed by atoms with Gasteiger partial charge in [0.05, 0.1) is 13.0 Å². The smallest absolute Gasteiger partial charge is 0.243 e. The minimum atomic E-state index is -0.299. The zero-order valence-corrected chi connectivity index (χ0v) is 14.9.